The van der Waals surface area contributed by atoms with E-state index >= 15 is 0 Å². The fourth-order valence-corrected chi connectivity index (χ4v) is 6.10. The lowest BCUT2D eigenvalue weighted by Gasteiger charge is -2.33. The average Bonchev–Trinajstić information content (AvgIpc) is 3.30. The predicted octanol–water partition coefficient (Wildman–Crippen LogP) is 5.42. The number of rotatable bonds is 7. The molecule has 1 amide bonds. The first kappa shape index (κ1) is 22.9. The minimum absolute atomic E-state index is 0.210. The van der Waals surface area contributed by atoms with E-state index in [4.69, 9.17) is 4.98 Å². The Bertz CT molecular complexity index is 1240. The van der Waals surface area contributed by atoms with Crippen LogP contribution in [-0.4, -0.2) is 43.8 Å². The van der Waals surface area contributed by atoms with E-state index in [0.717, 1.165) is 64.2 Å². The van der Waals surface area contributed by atoms with Crippen LogP contribution in [0.5, 0.6) is 0 Å². The van der Waals surface area contributed by atoms with Crippen molar-refractivity contribution in [2.45, 2.75) is 49.4 Å². The van der Waals surface area contributed by atoms with Gasteiger partial charge in [0.05, 0.1) is 20.9 Å². The highest BCUT2D eigenvalue weighted by Crippen LogP contribution is 2.30. The smallest absolute Gasteiger partial charge is 0.223 e. The molecular formula is C26H27N5OS2. The molecule has 1 aliphatic heterocycles. The Morgan fingerprint density at radius 3 is 2.94 bits per heavy atom. The zero-order valence-electron chi connectivity index (χ0n) is 19.2. The molecule has 0 aliphatic carbocycles. The topological polar surface area (TPSA) is 71.9 Å². The molecule has 0 N–H and O–H groups in total. The van der Waals surface area contributed by atoms with Gasteiger partial charge in [-0.15, -0.1) is 11.3 Å². The third-order valence-electron chi connectivity index (χ3n) is 6.13. The number of pyridine rings is 1. The molecule has 4 heterocycles. The van der Waals surface area contributed by atoms with Crippen LogP contribution in [0.25, 0.3) is 10.2 Å². The Hall–Kier alpha value is -2.84. The number of para-hydroxylation sites is 1. The normalized spacial score (nSPS) is 16.1. The number of piperidine rings is 1. The van der Waals surface area contributed by atoms with Crippen LogP contribution in [0.15, 0.2) is 60.1 Å². The summed E-state index contributed by atoms with van der Waals surface area (Å²) >= 11 is 3.31. The number of amides is 1. The van der Waals surface area contributed by atoms with Crippen molar-refractivity contribution in [3.8, 4) is 0 Å². The molecule has 6 nitrogen and oxygen atoms in total. The lowest BCUT2D eigenvalue weighted by molar-refractivity contribution is -0.132. The van der Waals surface area contributed by atoms with Gasteiger partial charge in [-0.25, -0.2) is 15.0 Å². The minimum Gasteiger partial charge on any atom is -0.342 e. The van der Waals surface area contributed by atoms with E-state index < -0.39 is 0 Å². The van der Waals surface area contributed by atoms with E-state index in [1.54, 1.807) is 29.3 Å². The van der Waals surface area contributed by atoms with Gasteiger partial charge in [-0.1, -0.05) is 30.0 Å². The van der Waals surface area contributed by atoms with Crippen LogP contribution >= 0.6 is 23.1 Å². The number of carbonyl (C=O) groups excluding carboxylic acids is 1. The third kappa shape index (κ3) is 5.45. The van der Waals surface area contributed by atoms with Gasteiger partial charge in [0.15, 0.2) is 5.16 Å². The molecule has 1 atom stereocenters. The second-order valence-electron chi connectivity index (χ2n) is 8.63. The summed E-state index contributed by atoms with van der Waals surface area (Å²) in [5.74, 6) is 1.25. The summed E-state index contributed by atoms with van der Waals surface area (Å²) in [6, 6.07) is 12.2. The summed E-state index contributed by atoms with van der Waals surface area (Å²) in [7, 11) is 0. The Morgan fingerprint density at radius 2 is 2.09 bits per heavy atom. The van der Waals surface area contributed by atoms with Gasteiger partial charge in [0.1, 0.15) is 0 Å². The van der Waals surface area contributed by atoms with Crippen LogP contribution in [0.1, 0.15) is 47.0 Å². The summed E-state index contributed by atoms with van der Waals surface area (Å²) < 4.78 is 1.18. The Kier molecular flexibility index (Phi) is 7.16. The molecule has 1 saturated heterocycles. The highest BCUT2D eigenvalue weighted by atomic mass is 32.2. The standard InChI is InChI=1S/C26H27N5OS2/c1-18-14-28-26(33-17-19-6-4-12-27-15-19)30-25(18)20-7-5-13-31(16-20)24(32)11-10-23-29-21-8-2-3-9-22(21)34-23/h2-4,6,8-9,12,14-15,20H,5,7,10-11,13,16-17H2,1H3/t20-/m1/s1. The van der Waals surface area contributed by atoms with E-state index in [9.17, 15) is 4.79 Å². The number of aryl methyl sites for hydroxylation is 2. The number of hydrogen-bond donors (Lipinski definition) is 0. The Morgan fingerprint density at radius 1 is 1.18 bits per heavy atom. The monoisotopic (exact) mass is 489 g/mol. The zero-order valence-corrected chi connectivity index (χ0v) is 20.8. The van der Waals surface area contributed by atoms with E-state index in [2.05, 4.69) is 34.0 Å². The second kappa shape index (κ2) is 10.6. The van der Waals surface area contributed by atoms with Gasteiger partial charge in [0.2, 0.25) is 5.91 Å². The maximum Gasteiger partial charge on any atom is 0.223 e. The van der Waals surface area contributed by atoms with Crippen molar-refractivity contribution in [1.82, 2.24) is 24.8 Å². The molecule has 8 heteroatoms. The average molecular weight is 490 g/mol. The fraction of sp³-hybridized carbons (Fsp3) is 0.346. The first-order valence-electron chi connectivity index (χ1n) is 11.6. The molecule has 0 radical (unpaired) electrons. The first-order valence-corrected chi connectivity index (χ1v) is 13.4. The summed E-state index contributed by atoms with van der Waals surface area (Å²) in [5, 5.41) is 1.81. The van der Waals surface area contributed by atoms with Crippen LogP contribution in [0.3, 0.4) is 0 Å². The van der Waals surface area contributed by atoms with Crippen molar-refractivity contribution >= 4 is 39.2 Å². The van der Waals surface area contributed by atoms with Gasteiger partial charge < -0.3 is 4.90 Å². The molecule has 0 unspecified atom stereocenters. The summed E-state index contributed by atoms with van der Waals surface area (Å²) in [4.78, 5) is 33.3. The van der Waals surface area contributed by atoms with Gasteiger partial charge in [-0.3, -0.25) is 9.78 Å². The van der Waals surface area contributed by atoms with Gasteiger partial charge in [-0.05, 0) is 49.1 Å². The van der Waals surface area contributed by atoms with Crippen LogP contribution < -0.4 is 0 Å². The highest BCUT2D eigenvalue weighted by molar-refractivity contribution is 7.98. The van der Waals surface area contributed by atoms with Gasteiger partial charge in [0, 0.05) is 56.2 Å². The number of thiazole rings is 1. The van der Waals surface area contributed by atoms with Crippen molar-refractivity contribution in [1.29, 1.82) is 0 Å². The second-order valence-corrected chi connectivity index (χ2v) is 10.7. The van der Waals surface area contributed by atoms with Crippen molar-refractivity contribution in [3.63, 3.8) is 0 Å². The van der Waals surface area contributed by atoms with Crippen LogP contribution in [0.2, 0.25) is 0 Å². The maximum absolute atomic E-state index is 13.0. The molecule has 4 aromatic rings. The predicted molar refractivity (Wildman–Crippen MR) is 137 cm³/mol. The van der Waals surface area contributed by atoms with Crippen molar-refractivity contribution in [2.75, 3.05) is 13.1 Å². The van der Waals surface area contributed by atoms with Crippen LogP contribution in [0.4, 0.5) is 0 Å². The number of carbonyl (C=O) groups is 1. The molecule has 0 spiro atoms. The Labute approximate surface area is 207 Å². The van der Waals surface area contributed by atoms with Crippen LogP contribution in [0, 0.1) is 6.92 Å². The molecule has 34 heavy (non-hydrogen) atoms. The maximum atomic E-state index is 13.0. The zero-order chi connectivity index (χ0) is 23.3. The quantitative estimate of drug-likeness (QED) is 0.255. The number of fused-ring (bicyclic) bond motifs is 1. The molecule has 3 aromatic heterocycles. The number of nitrogens with zero attached hydrogens (tertiary/aromatic N) is 5. The number of aromatic nitrogens is 4. The fourth-order valence-electron chi connectivity index (χ4n) is 4.38. The van der Waals surface area contributed by atoms with E-state index in [0.29, 0.717) is 12.8 Å². The summed E-state index contributed by atoms with van der Waals surface area (Å²) in [6.45, 7) is 3.62. The third-order valence-corrected chi connectivity index (χ3v) is 8.16. The molecule has 0 bridgehead atoms. The molecule has 1 aliphatic rings. The summed E-state index contributed by atoms with van der Waals surface area (Å²) in [5.41, 5.74) is 4.34. The number of likely N-dealkylation sites (tertiary alicyclic amines) is 1. The van der Waals surface area contributed by atoms with Crippen LogP contribution in [-0.2, 0) is 17.0 Å². The lowest BCUT2D eigenvalue weighted by atomic mass is 9.92. The minimum atomic E-state index is 0.210. The highest BCUT2D eigenvalue weighted by Gasteiger charge is 2.27. The van der Waals surface area contributed by atoms with E-state index in [-0.39, 0.29) is 11.8 Å². The molecule has 1 aromatic carbocycles. The van der Waals surface area contributed by atoms with Crippen molar-refractivity contribution < 1.29 is 4.79 Å². The Balaban J connectivity index is 1.21. The SMILES string of the molecule is Cc1cnc(SCc2cccnc2)nc1[C@@H]1CCCN(C(=O)CCc2nc3ccccc3s2)C1. The largest absolute Gasteiger partial charge is 0.342 e. The molecule has 5 rings (SSSR count). The first-order chi connectivity index (χ1) is 16.7. The van der Waals surface area contributed by atoms with E-state index in [1.165, 1.54) is 4.70 Å². The number of benzene rings is 1. The molecule has 1 fully saturated rings. The van der Waals surface area contributed by atoms with Crippen molar-refractivity contribution in [3.05, 3.63) is 76.8 Å². The van der Waals surface area contributed by atoms with Gasteiger partial charge >= 0.3 is 0 Å². The molecular weight excluding hydrogens is 462 g/mol. The molecule has 0 saturated carbocycles. The summed E-state index contributed by atoms with van der Waals surface area (Å²) in [6.07, 6.45) is 8.82. The molecule has 174 valence electrons. The van der Waals surface area contributed by atoms with Gasteiger partial charge in [-0.2, -0.15) is 0 Å². The lowest BCUT2D eigenvalue weighted by Crippen LogP contribution is -2.39. The number of hydrogen-bond acceptors (Lipinski definition) is 7. The van der Waals surface area contributed by atoms with Crippen molar-refractivity contribution in [2.24, 2.45) is 0 Å². The van der Waals surface area contributed by atoms with Gasteiger partial charge in [0.25, 0.3) is 0 Å². The number of thioether (sulfide) groups is 1. The van der Waals surface area contributed by atoms with E-state index in [1.807, 2.05) is 41.6 Å².